The van der Waals surface area contributed by atoms with Crippen molar-refractivity contribution in [3.8, 4) is 0 Å². The van der Waals surface area contributed by atoms with Gasteiger partial charge in [0.05, 0.1) is 0 Å². The zero-order valence-electron chi connectivity index (χ0n) is 7.97. The summed E-state index contributed by atoms with van der Waals surface area (Å²) < 4.78 is 5.48. The Morgan fingerprint density at radius 3 is 2.82 bits per heavy atom. The first-order valence-electron chi connectivity index (χ1n) is 4.83. The predicted octanol–water partition coefficient (Wildman–Crippen LogP) is 2.71. The Morgan fingerprint density at radius 1 is 1.55 bits per heavy atom. The molecule has 0 radical (unpaired) electrons. The predicted molar refractivity (Wildman–Crippen MR) is 47.5 cm³/mol. The van der Waals surface area contributed by atoms with Crippen molar-refractivity contribution in [2.45, 2.75) is 33.6 Å². The molecule has 1 aliphatic rings. The maximum Gasteiger partial charge on any atom is 0.0499 e. The summed E-state index contributed by atoms with van der Waals surface area (Å²) in [5, 5.41) is 0. The summed E-state index contributed by atoms with van der Waals surface area (Å²) in [5.74, 6) is 2.53. The molecule has 1 heteroatoms. The van der Waals surface area contributed by atoms with E-state index in [9.17, 15) is 0 Å². The first-order valence-corrected chi connectivity index (χ1v) is 4.83. The first kappa shape index (κ1) is 9.05. The van der Waals surface area contributed by atoms with Crippen molar-refractivity contribution in [3.05, 3.63) is 0 Å². The van der Waals surface area contributed by atoms with E-state index in [-0.39, 0.29) is 0 Å². The van der Waals surface area contributed by atoms with E-state index in [0.717, 1.165) is 31.0 Å². The molecule has 1 heterocycles. The van der Waals surface area contributed by atoms with Crippen LogP contribution < -0.4 is 0 Å². The highest BCUT2D eigenvalue weighted by Gasteiger charge is 2.25. The summed E-state index contributed by atoms with van der Waals surface area (Å²) >= 11 is 0. The highest BCUT2D eigenvalue weighted by molar-refractivity contribution is 4.74. The SMILES string of the molecule is CCC(C)C1COCCC1C. The molecule has 0 bridgehead atoms. The standard InChI is InChI=1S/C10H20O/c1-4-8(2)10-7-11-6-5-9(10)3/h8-10H,4-7H2,1-3H3. The van der Waals surface area contributed by atoms with Crippen LogP contribution in [0.5, 0.6) is 0 Å². The van der Waals surface area contributed by atoms with E-state index in [1.165, 1.54) is 12.8 Å². The van der Waals surface area contributed by atoms with E-state index in [2.05, 4.69) is 20.8 Å². The Morgan fingerprint density at radius 2 is 2.27 bits per heavy atom. The zero-order chi connectivity index (χ0) is 8.27. The van der Waals surface area contributed by atoms with Crippen LogP contribution in [0.2, 0.25) is 0 Å². The van der Waals surface area contributed by atoms with Crippen LogP contribution in [0.25, 0.3) is 0 Å². The van der Waals surface area contributed by atoms with Crippen LogP contribution >= 0.6 is 0 Å². The van der Waals surface area contributed by atoms with E-state index in [4.69, 9.17) is 4.74 Å². The minimum Gasteiger partial charge on any atom is -0.381 e. The number of rotatable bonds is 2. The number of hydrogen-bond donors (Lipinski definition) is 0. The van der Waals surface area contributed by atoms with Gasteiger partial charge in [-0.1, -0.05) is 27.2 Å². The van der Waals surface area contributed by atoms with Gasteiger partial charge in [-0.15, -0.1) is 0 Å². The minimum atomic E-state index is 0.814. The molecular formula is C10H20O. The van der Waals surface area contributed by atoms with E-state index in [1.54, 1.807) is 0 Å². The zero-order valence-corrected chi connectivity index (χ0v) is 7.97. The quantitative estimate of drug-likeness (QED) is 0.597. The summed E-state index contributed by atoms with van der Waals surface area (Å²) in [7, 11) is 0. The molecular weight excluding hydrogens is 136 g/mol. The van der Waals surface area contributed by atoms with Gasteiger partial charge in [0.25, 0.3) is 0 Å². The van der Waals surface area contributed by atoms with Crippen LogP contribution in [0.3, 0.4) is 0 Å². The molecule has 1 saturated heterocycles. The lowest BCUT2D eigenvalue weighted by Gasteiger charge is -2.32. The highest BCUT2D eigenvalue weighted by atomic mass is 16.5. The van der Waals surface area contributed by atoms with E-state index < -0.39 is 0 Å². The average molecular weight is 156 g/mol. The Hall–Kier alpha value is -0.0400. The van der Waals surface area contributed by atoms with Gasteiger partial charge in [0.1, 0.15) is 0 Å². The fourth-order valence-corrected chi connectivity index (χ4v) is 1.89. The van der Waals surface area contributed by atoms with Crippen LogP contribution in [0.4, 0.5) is 0 Å². The van der Waals surface area contributed by atoms with Crippen LogP contribution in [-0.2, 0) is 4.74 Å². The van der Waals surface area contributed by atoms with Crippen molar-refractivity contribution in [1.29, 1.82) is 0 Å². The highest BCUT2D eigenvalue weighted by Crippen LogP contribution is 2.29. The smallest absolute Gasteiger partial charge is 0.0499 e. The molecule has 11 heavy (non-hydrogen) atoms. The molecule has 66 valence electrons. The van der Waals surface area contributed by atoms with Crippen molar-refractivity contribution in [2.24, 2.45) is 17.8 Å². The second kappa shape index (κ2) is 4.10. The van der Waals surface area contributed by atoms with Crippen LogP contribution in [0, 0.1) is 17.8 Å². The van der Waals surface area contributed by atoms with Crippen molar-refractivity contribution in [2.75, 3.05) is 13.2 Å². The van der Waals surface area contributed by atoms with Crippen LogP contribution in [0.15, 0.2) is 0 Å². The monoisotopic (exact) mass is 156 g/mol. The first-order chi connectivity index (χ1) is 5.25. The third-order valence-corrected chi connectivity index (χ3v) is 3.13. The summed E-state index contributed by atoms with van der Waals surface area (Å²) in [5.41, 5.74) is 0. The van der Waals surface area contributed by atoms with Gasteiger partial charge in [0.2, 0.25) is 0 Å². The third-order valence-electron chi connectivity index (χ3n) is 3.13. The molecule has 0 aromatic rings. The van der Waals surface area contributed by atoms with Gasteiger partial charge in [-0.3, -0.25) is 0 Å². The largest absolute Gasteiger partial charge is 0.381 e. The van der Waals surface area contributed by atoms with E-state index in [0.29, 0.717) is 0 Å². The van der Waals surface area contributed by atoms with Crippen molar-refractivity contribution in [1.82, 2.24) is 0 Å². The minimum absolute atomic E-state index is 0.814. The van der Waals surface area contributed by atoms with Gasteiger partial charge in [0.15, 0.2) is 0 Å². The lowest BCUT2D eigenvalue weighted by Crippen LogP contribution is -2.30. The Kier molecular flexibility index (Phi) is 3.38. The van der Waals surface area contributed by atoms with E-state index >= 15 is 0 Å². The fourth-order valence-electron chi connectivity index (χ4n) is 1.89. The molecule has 0 aromatic heterocycles. The Bertz CT molecular complexity index is 107. The van der Waals surface area contributed by atoms with Crippen molar-refractivity contribution in [3.63, 3.8) is 0 Å². The molecule has 0 aliphatic carbocycles. The van der Waals surface area contributed by atoms with Gasteiger partial charge in [-0.2, -0.15) is 0 Å². The van der Waals surface area contributed by atoms with Crippen molar-refractivity contribution >= 4 is 0 Å². The lowest BCUT2D eigenvalue weighted by molar-refractivity contribution is -0.000192. The molecule has 3 unspecified atom stereocenters. The molecule has 1 rings (SSSR count). The number of ether oxygens (including phenoxy) is 1. The average Bonchev–Trinajstić information content (AvgIpc) is 2.04. The van der Waals surface area contributed by atoms with Gasteiger partial charge in [-0.25, -0.2) is 0 Å². The van der Waals surface area contributed by atoms with Gasteiger partial charge in [0, 0.05) is 13.2 Å². The molecule has 0 spiro atoms. The second-order valence-corrected chi connectivity index (χ2v) is 3.89. The molecule has 1 nitrogen and oxygen atoms in total. The molecule has 1 fully saturated rings. The third kappa shape index (κ3) is 2.19. The molecule has 3 atom stereocenters. The lowest BCUT2D eigenvalue weighted by atomic mass is 9.80. The van der Waals surface area contributed by atoms with Crippen LogP contribution in [0.1, 0.15) is 33.6 Å². The number of hydrogen-bond acceptors (Lipinski definition) is 1. The summed E-state index contributed by atoms with van der Waals surface area (Å²) in [6.07, 6.45) is 2.55. The molecule has 0 saturated carbocycles. The van der Waals surface area contributed by atoms with Crippen LogP contribution in [-0.4, -0.2) is 13.2 Å². The summed E-state index contributed by atoms with van der Waals surface area (Å²) in [6.45, 7) is 8.95. The normalized spacial score (nSPS) is 35.2. The van der Waals surface area contributed by atoms with Crippen molar-refractivity contribution < 1.29 is 4.74 Å². The maximum atomic E-state index is 5.48. The van der Waals surface area contributed by atoms with E-state index in [1.807, 2.05) is 0 Å². The van der Waals surface area contributed by atoms with Gasteiger partial charge in [-0.05, 0) is 24.2 Å². The summed E-state index contributed by atoms with van der Waals surface area (Å²) in [4.78, 5) is 0. The topological polar surface area (TPSA) is 9.23 Å². The molecule has 0 aromatic carbocycles. The maximum absolute atomic E-state index is 5.48. The second-order valence-electron chi connectivity index (χ2n) is 3.89. The molecule has 0 N–H and O–H groups in total. The molecule has 0 amide bonds. The van der Waals surface area contributed by atoms with Gasteiger partial charge < -0.3 is 4.74 Å². The summed E-state index contributed by atoms with van der Waals surface area (Å²) in [6, 6.07) is 0. The molecule has 1 aliphatic heterocycles. The Balaban J connectivity index is 2.40. The fraction of sp³-hybridized carbons (Fsp3) is 1.00. The Labute approximate surface area is 70.1 Å². The van der Waals surface area contributed by atoms with Gasteiger partial charge >= 0.3 is 0 Å².